The molecule has 1 saturated carbocycles. The summed E-state index contributed by atoms with van der Waals surface area (Å²) in [5.74, 6) is 1.30. The minimum Gasteiger partial charge on any atom is -0.490 e. The van der Waals surface area contributed by atoms with Crippen LogP contribution in [0, 0.1) is 11.8 Å². The topological polar surface area (TPSA) is 113 Å². The number of tetrazole rings is 1. The third-order valence-corrected chi connectivity index (χ3v) is 7.50. The van der Waals surface area contributed by atoms with Crippen molar-refractivity contribution in [2.24, 2.45) is 11.8 Å². The molecule has 0 amide bonds. The summed E-state index contributed by atoms with van der Waals surface area (Å²) in [5, 5.41) is 29.6. The monoisotopic (exact) mass is 469 g/mol. The summed E-state index contributed by atoms with van der Waals surface area (Å²) >= 11 is 0. The van der Waals surface area contributed by atoms with Crippen molar-refractivity contribution >= 4 is 16.7 Å². The van der Waals surface area contributed by atoms with E-state index in [0.29, 0.717) is 24.1 Å². The first-order valence-electron chi connectivity index (χ1n) is 12.1. The van der Waals surface area contributed by atoms with Crippen LogP contribution in [0.15, 0.2) is 60.7 Å². The van der Waals surface area contributed by atoms with Crippen molar-refractivity contribution in [3.8, 4) is 28.3 Å². The van der Waals surface area contributed by atoms with Crippen LogP contribution >= 0.6 is 0 Å². The van der Waals surface area contributed by atoms with Gasteiger partial charge in [-0.1, -0.05) is 42.5 Å². The van der Waals surface area contributed by atoms with Crippen molar-refractivity contribution < 1.29 is 14.6 Å². The molecule has 0 unspecified atom stereocenters. The van der Waals surface area contributed by atoms with Crippen LogP contribution < -0.4 is 10.1 Å². The molecular formula is C27H27N5O3. The Hall–Kier alpha value is -3.78. The Morgan fingerprint density at radius 3 is 2.60 bits per heavy atom. The minimum absolute atomic E-state index is 0.0151. The highest BCUT2D eigenvalue weighted by atomic mass is 16.5. The Kier molecular flexibility index (Phi) is 5.66. The van der Waals surface area contributed by atoms with Crippen molar-refractivity contribution in [3.05, 3.63) is 60.7 Å². The maximum Gasteiger partial charge on any atom is 0.320 e. The molecule has 2 aliphatic rings. The van der Waals surface area contributed by atoms with E-state index in [4.69, 9.17) is 4.74 Å². The molecule has 1 aromatic heterocycles. The largest absolute Gasteiger partial charge is 0.490 e. The first-order chi connectivity index (χ1) is 17.1. The van der Waals surface area contributed by atoms with Crippen molar-refractivity contribution in [2.45, 2.75) is 37.8 Å². The Labute approximate surface area is 202 Å². The molecule has 4 aromatic rings. The van der Waals surface area contributed by atoms with E-state index >= 15 is 0 Å². The first-order valence-corrected chi connectivity index (χ1v) is 12.1. The van der Waals surface area contributed by atoms with E-state index in [2.05, 4.69) is 68.4 Å². The lowest BCUT2D eigenvalue weighted by Crippen LogP contribution is -2.50. The lowest BCUT2D eigenvalue weighted by molar-refractivity contribution is -0.141. The van der Waals surface area contributed by atoms with Crippen LogP contribution in [0.2, 0.25) is 0 Å². The predicted octanol–water partition coefficient (Wildman–Crippen LogP) is 4.30. The zero-order valence-electron chi connectivity index (χ0n) is 19.2. The van der Waals surface area contributed by atoms with Gasteiger partial charge in [-0.25, -0.2) is 0 Å². The van der Waals surface area contributed by atoms with Crippen LogP contribution in [0.1, 0.15) is 25.7 Å². The highest BCUT2D eigenvalue weighted by Crippen LogP contribution is 2.40. The molecular weight excluding hydrogens is 442 g/mol. The van der Waals surface area contributed by atoms with Gasteiger partial charge in [-0.15, -0.1) is 10.2 Å². The Morgan fingerprint density at radius 2 is 1.77 bits per heavy atom. The number of carboxylic acid groups (broad SMARTS) is 1. The van der Waals surface area contributed by atoms with E-state index in [-0.39, 0.29) is 6.10 Å². The van der Waals surface area contributed by atoms with Crippen molar-refractivity contribution in [1.29, 1.82) is 0 Å². The van der Waals surface area contributed by atoms with Gasteiger partial charge in [0.05, 0.1) is 11.7 Å². The van der Waals surface area contributed by atoms with Crippen molar-refractivity contribution in [2.75, 3.05) is 6.54 Å². The summed E-state index contributed by atoms with van der Waals surface area (Å²) < 4.78 is 6.62. The maximum absolute atomic E-state index is 11.5. The molecule has 1 saturated heterocycles. The number of hydrogen-bond donors (Lipinski definition) is 3. The summed E-state index contributed by atoms with van der Waals surface area (Å²) in [7, 11) is 0. The van der Waals surface area contributed by atoms with Gasteiger partial charge >= 0.3 is 5.97 Å². The van der Waals surface area contributed by atoms with E-state index in [1.165, 1.54) is 10.8 Å². The van der Waals surface area contributed by atoms with Crippen LogP contribution in [0.3, 0.4) is 0 Å². The number of rotatable bonds is 5. The molecule has 8 heteroatoms. The average Bonchev–Trinajstić information content (AvgIpc) is 3.43. The number of piperidine rings is 1. The second-order valence-corrected chi connectivity index (χ2v) is 9.62. The molecule has 3 N–H and O–H groups in total. The van der Waals surface area contributed by atoms with Gasteiger partial charge < -0.3 is 15.2 Å². The molecule has 0 radical (unpaired) electrons. The fourth-order valence-electron chi connectivity index (χ4n) is 5.62. The first kappa shape index (κ1) is 21.7. The quantitative estimate of drug-likeness (QED) is 0.399. The second kappa shape index (κ2) is 9.11. The number of aromatic amines is 1. The van der Waals surface area contributed by atoms with E-state index in [0.717, 1.165) is 48.2 Å². The van der Waals surface area contributed by atoms with E-state index < -0.39 is 12.0 Å². The summed E-state index contributed by atoms with van der Waals surface area (Å²) in [5.41, 5.74) is 2.96. The molecule has 2 heterocycles. The second-order valence-electron chi connectivity index (χ2n) is 9.62. The van der Waals surface area contributed by atoms with Gasteiger partial charge in [0.15, 0.2) is 0 Å². The minimum atomic E-state index is -0.769. The van der Waals surface area contributed by atoms with Crippen LogP contribution in [0.25, 0.3) is 33.3 Å². The smallest absolute Gasteiger partial charge is 0.320 e. The molecule has 3 aromatic carbocycles. The molecule has 178 valence electrons. The Bertz CT molecular complexity index is 1360. The lowest BCUT2D eigenvalue weighted by atomic mass is 9.72. The number of carboxylic acids is 1. The van der Waals surface area contributed by atoms with E-state index in [1.807, 2.05) is 18.2 Å². The summed E-state index contributed by atoms with van der Waals surface area (Å²) in [6, 6.07) is 20.4. The number of hydrogen-bond acceptors (Lipinski definition) is 6. The molecule has 8 nitrogen and oxygen atoms in total. The molecule has 6 rings (SSSR count). The highest BCUT2D eigenvalue weighted by molar-refractivity contribution is 5.88. The standard InChI is InChI=1S/C27H27N5O3/c33-27(34)24-13-21-12-22(9-7-20(21)15-28-24)35-25-14-19(8-10-23(25)26-29-31-32-30-26)18-6-5-16-3-1-2-4-17(16)11-18/h1-6,8,10-11,14,20-22,24,28H,7,9,12-13,15H2,(H,33,34)(H,29,30,31,32)/t20-,21+,22-,24-/m0/s1. The Morgan fingerprint density at radius 1 is 0.943 bits per heavy atom. The van der Waals surface area contributed by atoms with Gasteiger partial charge in [0.25, 0.3) is 0 Å². The number of nitrogens with zero attached hydrogens (tertiary/aromatic N) is 3. The molecule has 0 spiro atoms. The molecule has 1 aliphatic carbocycles. The van der Waals surface area contributed by atoms with Gasteiger partial charge in [0, 0.05) is 0 Å². The van der Waals surface area contributed by atoms with Gasteiger partial charge in [0.2, 0.25) is 5.82 Å². The third-order valence-electron chi connectivity index (χ3n) is 7.50. The lowest BCUT2D eigenvalue weighted by Gasteiger charge is -2.41. The van der Waals surface area contributed by atoms with Gasteiger partial charge in [0.1, 0.15) is 11.8 Å². The third kappa shape index (κ3) is 4.37. The predicted molar refractivity (Wildman–Crippen MR) is 132 cm³/mol. The van der Waals surface area contributed by atoms with Gasteiger partial charge in [-0.3, -0.25) is 4.79 Å². The van der Waals surface area contributed by atoms with Crippen LogP contribution in [-0.4, -0.2) is 50.4 Å². The van der Waals surface area contributed by atoms with E-state index in [1.54, 1.807) is 0 Å². The number of ether oxygens (including phenoxy) is 1. The van der Waals surface area contributed by atoms with Crippen molar-refractivity contribution in [3.63, 3.8) is 0 Å². The normalized spacial score (nSPS) is 24.1. The van der Waals surface area contributed by atoms with E-state index in [9.17, 15) is 9.90 Å². The fourth-order valence-corrected chi connectivity index (χ4v) is 5.62. The summed E-state index contributed by atoms with van der Waals surface area (Å²) in [4.78, 5) is 11.5. The van der Waals surface area contributed by atoms with Crippen molar-refractivity contribution in [1.82, 2.24) is 25.9 Å². The van der Waals surface area contributed by atoms with Crippen LogP contribution in [-0.2, 0) is 4.79 Å². The number of fused-ring (bicyclic) bond motifs is 2. The highest BCUT2D eigenvalue weighted by Gasteiger charge is 2.38. The fraction of sp³-hybridized carbons (Fsp3) is 0.333. The average molecular weight is 470 g/mol. The Balaban J connectivity index is 1.30. The number of nitrogens with one attached hydrogen (secondary N) is 2. The number of benzene rings is 3. The van der Waals surface area contributed by atoms with Crippen LogP contribution in [0.5, 0.6) is 5.75 Å². The molecule has 0 bridgehead atoms. The number of aliphatic carboxylic acids is 1. The van der Waals surface area contributed by atoms with Crippen LogP contribution in [0.4, 0.5) is 0 Å². The SMILES string of the molecule is O=C(O)[C@@H]1C[C@H]2C[C@@H](Oc3cc(-c4ccc5ccccc5c4)ccc3-c3nn[nH]n3)CC[C@H]2CN1. The molecule has 2 fully saturated rings. The summed E-state index contributed by atoms with van der Waals surface area (Å²) in [6.07, 6.45) is 3.47. The maximum atomic E-state index is 11.5. The number of aromatic nitrogens is 4. The molecule has 1 aliphatic heterocycles. The zero-order valence-corrected chi connectivity index (χ0v) is 19.2. The number of carbonyl (C=O) groups is 1. The molecule has 35 heavy (non-hydrogen) atoms. The van der Waals surface area contributed by atoms with Gasteiger partial charge in [-0.2, -0.15) is 5.21 Å². The number of H-pyrrole nitrogens is 1. The summed E-state index contributed by atoms with van der Waals surface area (Å²) in [6.45, 7) is 0.764. The van der Waals surface area contributed by atoms with Gasteiger partial charge in [-0.05, 0) is 89.4 Å². The zero-order chi connectivity index (χ0) is 23.8. The molecule has 4 atom stereocenters.